The van der Waals surface area contributed by atoms with Gasteiger partial charge in [0, 0.05) is 38.0 Å². The first-order chi connectivity index (χ1) is 11.7. The molecule has 5 nitrogen and oxygen atoms in total. The molecule has 0 atom stereocenters. The van der Waals surface area contributed by atoms with E-state index in [9.17, 15) is 9.18 Å². The van der Waals surface area contributed by atoms with Crippen molar-refractivity contribution < 1.29 is 18.7 Å². The van der Waals surface area contributed by atoms with Crippen LogP contribution in [0.15, 0.2) is 12.1 Å². The Morgan fingerprint density at radius 1 is 1.36 bits per heavy atom. The van der Waals surface area contributed by atoms with Crippen LogP contribution in [0.3, 0.4) is 0 Å². The monoisotopic (exact) mass is 372 g/mol. The van der Waals surface area contributed by atoms with E-state index < -0.39 is 17.5 Å². The van der Waals surface area contributed by atoms with Crippen molar-refractivity contribution in [3.05, 3.63) is 28.5 Å². The predicted octanol–water partition coefficient (Wildman–Crippen LogP) is 4.12. The van der Waals surface area contributed by atoms with Crippen LogP contribution in [0.5, 0.6) is 0 Å². The lowest BCUT2D eigenvalue weighted by atomic mass is 10.1. The quantitative estimate of drug-likeness (QED) is 0.863. The van der Waals surface area contributed by atoms with Crippen LogP contribution in [0.4, 0.5) is 14.9 Å². The molecule has 1 aromatic rings. The Kier molecular flexibility index (Phi) is 6.52. The summed E-state index contributed by atoms with van der Waals surface area (Å²) >= 11 is 6.05. The molecule has 0 unspecified atom stereocenters. The molecule has 1 saturated heterocycles. The second kappa shape index (κ2) is 8.23. The van der Waals surface area contributed by atoms with Gasteiger partial charge in [0.1, 0.15) is 11.4 Å². The first kappa shape index (κ1) is 19.8. The van der Waals surface area contributed by atoms with E-state index in [1.807, 2.05) is 0 Å². The lowest BCUT2D eigenvalue weighted by Gasteiger charge is -2.33. The highest BCUT2D eigenvalue weighted by Gasteiger charge is 2.21. The maximum absolute atomic E-state index is 14.3. The first-order valence-corrected chi connectivity index (χ1v) is 8.80. The highest BCUT2D eigenvalue weighted by Crippen LogP contribution is 2.29. The van der Waals surface area contributed by atoms with Crippen LogP contribution in [0.2, 0.25) is 5.02 Å². The molecule has 7 heteroatoms. The van der Waals surface area contributed by atoms with Gasteiger partial charge in [-0.05, 0) is 45.7 Å². The molecule has 1 N–H and O–H groups in total. The average Bonchev–Trinajstić information content (AvgIpc) is 2.54. The van der Waals surface area contributed by atoms with Crippen molar-refractivity contribution in [3.63, 3.8) is 0 Å². The van der Waals surface area contributed by atoms with Gasteiger partial charge in [-0.25, -0.2) is 9.18 Å². The van der Waals surface area contributed by atoms with Gasteiger partial charge in [0.05, 0.1) is 11.1 Å². The number of amides is 1. The molecule has 1 fully saturated rings. The summed E-state index contributed by atoms with van der Waals surface area (Å²) in [4.78, 5) is 13.9. The largest absolute Gasteiger partial charge is 0.444 e. The number of methoxy groups -OCH3 is 1. The van der Waals surface area contributed by atoms with Gasteiger partial charge in [-0.15, -0.1) is 0 Å². The normalized spacial score (nSPS) is 16.0. The van der Waals surface area contributed by atoms with Crippen LogP contribution >= 0.6 is 11.6 Å². The van der Waals surface area contributed by atoms with E-state index in [4.69, 9.17) is 21.1 Å². The second-order valence-corrected chi connectivity index (χ2v) is 7.59. The number of anilines is 1. The van der Waals surface area contributed by atoms with Crippen molar-refractivity contribution in [3.8, 4) is 0 Å². The Bertz CT molecular complexity index is 611. The summed E-state index contributed by atoms with van der Waals surface area (Å²) in [6.45, 7) is 6.97. The number of alkyl carbamates (subject to hydrolysis) is 1. The molecule has 2 rings (SSSR count). The lowest BCUT2D eigenvalue weighted by Crippen LogP contribution is -2.36. The van der Waals surface area contributed by atoms with Crippen LogP contribution in [0.1, 0.15) is 39.2 Å². The third kappa shape index (κ3) is 5.75. The number of carbonyl (C=O) groups excluding carboxylic acids is 1. The summed E-state index contributed by atoms with van der Waals surface area (Å²) in [5, 5.41) is 2.62. The van der Waals surface area contributed by atoms with E-state index in [1.54, 1.807) is 40.0 Å². The molecule has 0 aliphatic carbocycles. The molecule has 1 aromatic carbocycles. The Labute approximate surface area is 153 Å². The van der Waals surface area contributed by atoms with E-state index in [2.05, 4.69) is 10.2 Å². The Morgan fingerprint density at radius 3 is 2.56 bits per heavy atom. The van der Waals surface area contributed by atoms with Crippen molar-refractivity contribution in [2.45, 2.75) is 51.9 Å². The molecule has 1 aliphatic rings. The van der Waals surface area contributed by atoms with E-state index in [0.717, 1.165) is 31.6 Å². The smallest absolute Gasteiger partial charge is 0.407 e. The minimum atomic E-state index is -0.603. The average molecular weight is 373 g/mol. The van der Waals surface area contributed by atoms with Gasteiger partial charge in [-0.2, -0.15) is 0 Å². The van der Waals surface area contributed by atoms with Crippen LogP contribution in [0.25, 0.3) is 0 Å². The highest BCUT2D eigenvalue weighted by atomic mass is 35.5. The lowest BCUT2D eigenvalue weighted by molar-refractivity contribution is 0.0523. The van der Waals surface area contributed by atoms with Crippen LogP contribution in [0, 0.1) is 5.82 Å². The Balaban J connectivity index is 2.06. The molecule has 0 spiro atoms. The van der Waals surface area contributed by atoms with Crippen molar-refractivity contribution >= 4 is 23.4 Å². The molecule has 0 radical (unpaired) electrons. The molecule has 1 aliphatic heterocycles. The third-order valence-electron chi connectivity index (χ3n) is 4.05. The number of hydrogen-bond acceptors (Lipinski definition) is 4. The summed E-state index contributed by atoms with van der Waals surface area (Å²) in [6, 6.07) is 3.35. The first-order valence-electron chi connectivity index (χ1n) is 8.42. The molecule has 0 bridgehead atoms. The fourth-order valence-corrected chi connectivity index (χ4v) is 3.01. The van der Waals surface area contributed by atoms with Crippen molar-refractivity contribution in [1.82, 2.24) is 5.32 Å². The molecular weight excluding hydrogens is 347 g/mol. The zero-order valence-electron chi connectivity index (χ0n) is 15.2. The fraction of sp³-hybridized carbons (Fsp3) is 0.611. The molecule has 1 heterocycles. The van der Waals surface area contributed by atoms with E-state index in [1.165, 1.54) is 0 Å². The van der Waals surface area contributed by atoms with E-state index in [0.29, 0.717) is 5.56 Å². The van der Waals surface area contributed by atoms with Gasteiger partial charge < -0.3 is 19.7 Å². The molecule has 0 aromatic heterocycles. The number of benzene rings is 1. The maximum atomic E-state index is 14.3. The number of piperidine rings is 1. The Hall–Kier alpha value is -1.53. The number of carbonyl (C=O) groups is 1. The topological polar surface area (TPSA) is 50.8 Å². The summed E-state index contributed by atoms with van der Waals surface area (Å²) in [5.74, 6) is -0.520. The van der Waals surface area contributed by atoms with Gasteiger partial charge in [-0.3, -0.25) is 0 Å². The van der Waals surface area contributed by atoms with Gasteiger partial charge in [0.25, 0.3) is 0 Å². The summed E-state index contributed by atoms with van der Waals surface area (Å²) in [5.41, 5.74) is 0.581. The van der Waals surface area contributed by atoms with Crippen LogP contribution in [-0.4, -0.2) is 38.0 Å². The molecular formula is C18H26ClFN2O3. The van der Waals surface area contributed by atoms with Crippen molar-refractivity contribution in [1.29, 1.82) is 0 Å². The maximum Gasteiger partial charge on any atom is 0.407 e. The molecule has 1 amide bonds. The minimum absolute atomic E-state index is 0.0167. The summed E-state index contributed by atoms with van der Waals surface area (Å²) < 4.78 is 24.8. The number of rotatable bonds is 4. The number of nitrogens with one attached hydrogen (secondary N) is 1. The van der Waals surface area contributed by atoms with E-state index >= 15 is 0 Å². The Morgan fingerprint density at radius 2 is 2.00 bits per heavy atom. The van der Waals surface area contributed by atoms with Gasteiger partial charge in [0.2, 0.25) is 0 Å². The second-order valence-electron chi connectivity index (χ2n) is 7.18. The number of nitrogens with zero attached hydrogens (tertiary/aromatic N) is 1. The molecule has 0 saturated carbocycles. The third-order valence-corrected chi connectivity index (χ3v) is 4.33. The van der Waals surface area contributed by atoms with Gasteiger partial charge in [-0.1, -0.05) is 11.6 Å². The predicted molar refractivity (Wildman–Crippen MR) is 96.7 cm³/mol. The zero-order valence-corrected chi connectivity index (χ0v) is 16.0. The van der Waals surface area contributed by atoms with Gasteiger partial charge >= 0.3 is 6.09 Å². The fourth-order valence-electron chi connectivity index (χ4n) is 2.77. The molecule has 25 heavy (non-hydrogen) atoms. The van der Waals surface area contributed by atoms with Crippen molar-refractivity contribution in [2.24, 2.45) is 0 Å². The molecule has 140 valence electrons. The van der Waals surface area contributed by atoms with Crippen molar-refractivity contribution in [2.75, 3.05) is 25.1 Å². The standard InChI is InChI=1S/C18H26ClFN2O3/c1-18(2,3)25-17(23)21-11-12-9-13(10-15(19)16(12)20)22-7-5-14(24-4)6-8-22/h9-10,14H,5-8,11H2,1-4H3,(H,21,23). The SMILES string of the molecule is COC1CCN(c2cc(Cl)c(F)c(CNC(=O)OC(C)(C)C)c2)CC1. The summed E-state index contributed by atoms with van der Waals surface area (Å²) in [6.07, 6.45) is 1.50. The highest BCUT2D eigenvalue weighted by molar-refractivity contribution is 6.31. The van der Waals surface area contributed by atoms with E-state index in [-0.39, 0.29) is 17.7 Å². The summed E-state index contributed by atoms with van der Waals surface area (Å²) in [7, 11) is 1.72. The van der Waals surface area contributed by atoms with Crippen LogP contribution < -0.4 is 10.2 Å². The van der Waals surface area contributed by atoms with Crippen LogP contribution in [-0.2, 0) is 16.0 Å². The number of halogens is 2. The van der Waals surface area contributed by atoms with Gasteiger partial charge in [0.15, 0.2) is 0 Å². The zero-order chi connectivity index (χ0) is 18.6. The number of hydrogen-bond donors (Lipinski definition) is 1. The number of ether oxygens (including phenoxy) is 2. The minimum Gasteiger partial charge on any atom is -0.444 e.